The number of aryl methyl sites for hydroxylation is 2. The van der Waals surface area contributed by atoms with Crippen LogP contribution in [0.5, 0.6) is 0 Å². The van der Waals surface area contributed by atoms with Gasteiger partial charge in [-0.2, -0.15) is 0 Å². The van der Waals surface area contributed by atoms with Gasteiger partial charge in [-0.3, -0.25) is 0 Å². The van der Waals surface area contributed by atoms with E-state index < -0.39 is 11.7 Å². The Morgan fingerprint density at radius 1 is 0.862 bits per heavy atom. The van der Waals surface area contributed by atoms with Crippen molar-refractivity contribution in [3.8, 4) is 0 Å². The van der Waals surface area contributed by atoms with Crippen LogP contribution >= 0.6 is 0 Å². The van der Waals surface area contributed by atoms with Gasteiger partial charge in [0.05, 0.1) is 0 Å². The normalized spacial score (nSPS) is 12.6. The Hall–Kier alpha value is -2.81. The lowest BCUT2D eigenvalue weighted by atomic mass is 10.00. The third kappa shape index (κ3) is 4.79. The highest BCUT2D eigenvalue weighted by molar-refractivity contribution is 5.90. The van der Waals surface area contributed by atoms with Gasteiger partial charge < -0.3 is 0 Å². The van der Waals surface area contributed by atoms with E-state index in [-0.39, 0.29) is 16.9 Å². The molecule has 3 rings (SSSR count). The van der Waals surface area contributed by atoms with Crippen LogP contribution in [-0.2, 0) is 12.8 Å². The quantitative estimate of drug-likeness (QED) is 0.280. The molecule has 0 spiro atoms. The minimum atomic E-state index is -0.938. The fraction of sp³-hybridized carbons (Fsp3) is 0.231. The van der Waals surface area contributed by atoms with Gasteiger partial charge in [0.1, 0.15) is 5.82 Å². The van der Waals surface area contributed by atoms with Gasteiger partial charge in [0, 0.05) is 16.5 Å². The van der Waals surface area contributed by atoms with Crippen molar-refractivity contribution in [3.05, 3.63) is 94.8 Å². The maximum atomic E-state index is 14.8. The molecule has 3 aromatic carbocycles. The number of hydrogen-bond donors (Lipinski definition) is 0. The maximum Gasteiger partial charge on any atom is 0.166 e. The van der Waals surface area contributed by atoms with Gasteiger partial charge in [0.15, 0.2) is 11.7 Å². The molecule has 0 saturated carbocycles. The fourth-order valence-corrected chi connectivity index (χ4v) is 3.42. The van der Waals surface area contributed by atoms with E-state index in [1.54, 1.807) is 24.3 Å². The van der Waals surface area contributed by atoms with E-state index in [1.165, 1.54) is 18.2 Å². The highest BCUT2D eigenvalue weighted by Crippen LogP contribution is 2.32. The predicted molar refractivity (Wildman–Crippen MR) is 117 cm³/mol. The van der Waals surface area contributed by atoms with Crippen LogP contribution in [0, 0.1) is 5.82 Å². The first-order valence-electron chi connectivity index (χ1n) is 10.0. The first kappa shape index (κ1) is 20.9. The molecule has 0 saturated heterocycles. The van der Waals surface area contributed by atoms with E-state index in [2.05, 4.69) is 6.08 Å². The summed E-state index contributed by atoms with van der Waals surface area (Å²) in [7, 11) is 0. The molecule has 0 heterocycles. The summed E-state index contributed by atoms with van der Waals surface area (Å²) >= 11 is 0. The summed E-state index contributed by atoms with van der Waals surface area (Å²) in [6.07, 6.45) is 7.33. The van der Waals surface area contributed by atoms with Crippen LogP contribution in [0.25, 0.3) is 22.4 Å². The monoisotopic (exact) mass is 394 g/mol. The van der Waals surface area contributed by atoms with Gasteiger partial charge in [0.2, 0.25) is 0 Å². The van der Waals surface area contributed by atoms with E-state index in [0.29, 0.717) is 22.8 Å². The molecule has 0 bridgehead atoms. The van der Waals surface area contributed by atoms with E-state index in [4.69, 9.17) is 0 Å². The molecule has 0 aromatic heterocycles. The molecule has 0 aliphatic rings. The Morgan fingerprint density at radius 2 is 1.55 bits per heavy atom. The SMILES string of the molecule is C/C=C/CCc1ccc(C(F)=C(F)c2ccc3c(F)c(CCC)ccc3c2)cc1. The smallest absolute Gasteiger partial charge is 0.166 e. The Labute approximate surface area is 170 Å². The second kappa shape index (κ2) is 9.60. The van der Waals surface area contributed by atoms with Crippen molar-refractivity contribution in [2.45, 2.75) is 39.5 Å². The van der Waals surface area contributed by atoms with Crippen molar-refractivity contribution >= 4 is 22.4 Å². The molecule has 3 aromatic rings. The number of fused-ring (bicyclic) bond motifs is 1. The molecular weight excluding hydrogens is 369 g/mol. The Kier molecular flexibility index (Phi) is 6.92. The summed E-state index contributed by atoms with van der Waals surface area (Å²) < 4.78 is 44.1. The second-order valence-electron chi connectivity index (χ2n) is 7.16. The molecule has 0 nitrogen and oxygen atoms in total. The average molecular weight is 394 g/mol. The lowest BCUT2D eigenvalue weighted by Crippen LogP contribution is -1.92. The topological polar surface area (TPSA) is 0 Å². The number of allylic oxidation sites excluding steroid dienone is 2. The van der Waals surface area contributed by atoms with Crippen molar-refractivity contribution in [2.75, 3.05) is 0 Å². The standard InChI is InChI=1S/C26H25F3/c1-3-5-6-8-18-9-11-20(12-10-18)25(28)26(29)22-15-16-23-21(17-22)14-13-19(7-4-2)24(23)27/h3,5,9-17H,4,6-8H2,1-2H3/b5-3+,26-25?. The summed E-state index contributed by atoms with van der Waals surface area (Å²) in [5.74, 6) is -2.13. The zero-order chi connectivity index (χ0) is 20.8. The van der Waals surface area contributed by atoms with E-state index >= 15 is 0 Å². The summed E-state index contributed by atoms with van der Waals surface area (Å²) in [6.45, 7) is 3.96. The van der Waals surface area contributed by atoms with Crippen molar-refractivity contribution in [2.24, 2.45) is 0 Å². The summed E-state index contributed by atoms with van der Waals surface area (Å²) in [5.41, 5.74) is 2.02. The average Bonchev–Trinajstić information content (AvgIpc) is 2.75. The Morgan fingerprint density at radius 3 is 2.24 bits per heavy atom. The molecule has 0 aliphatic heterocycles. The van der Waals surface area contributed by atoms with Gasteiger partial charge in [-0.05, 0) is 48.8 Å². The van der Waals surface area contributed by atoms with E-state index in [1.807, 2.05) is 32.1 Å². The molecular formula is C26H25F3. The predicted octanol–water partition coefficient (Wildman–Crippen LogP) is 8.20. The summed E-state index contributed by atoms with van der Waals surface area (Å²) in [6, 6.07) is 14.8. The number of hydrogen-bond acceptors (Lipinski definition) is 0. The summed E-state index contributed by atoms with van der Waals surface area (Å²) in [5, 5.41) is 0.987. The number of halogens is 3. The maximum absolute atomic E-state index is 14.8. The van der Waals surface area contributed by atoms with Crippen molar-refractivity contribution in [3.63, 3.8) is 0 Å². The lowest BCUT2D eigenvalue weighted by molar-refractivity contribution is 0.619. The van der Waals surface area contributed by atoms with Crippen LogP contribution in [-0.4, -0.2) is 0 Å². The van der Waals surface area contributed by atoms with E-state index in [0.717, 1.165) is 24.8 Å². The van der Waals surface area contributed by atoms with Gasteiger partial charge in [-0.25, -0.2) is 13.2 Å². The minimum Gasteiger partial charge on any atom is -0.206 e. The third-order valence-electron chi connectivity index (χ3n) is 5.04. The highest BCUT2D eigenvalue weighted by atomic mass is 19.2. The van der Waals surface area contributed by atoms with Crippen LogP contribution < -0.4 is 0 Å². The first-order valence-corrected chi connectivity index (χ1v) is 10.0. The molecule has 3 heteroatoms. The van der Waals surface area contributed by atoms with Crippen molar-refractivity contribution in [1.82, 2.24) is 0 Å². The van der Waals surface area contributed by atoms with Gasteiger partial charge in [-0.1, -0.05) is 74.0 Å². The summed E-state index contributed by atoms with van der Waals surface area (Å²) in [4.78, 5) is 0. The van der Waals surface area contributed by atoms with Crippen molar-refractivity contribution < 1.29 is 13.2 Å². The largest absolute Gasteiger partial charge is 0.206 e. The van der Waals surface area contributed by atoms with Crippen LogP contribution in [0.15, 0.2) is 66.7 Å². The van der Waals surface area contributed by atoms with Gasteiger partial charge >= 0.3 is 0 Å². The minimum absolute atomic E-state index is 0.106. The van der Waals surface area contributed by atoms with Gasteiger partial charge in [0.25, 0.3) is 0 Å². The zero-order valence-corrected chi connectivity index (χ0v) is 16.8. The fourth-order valence-electron chi connectivity index (χ4n) is 3.42. The van der Waals surface area contributed by atoms with Crippen LogP contribution in [0.3, 0.4) is 0 Å². The molecule has 0 aliphatic carbocycles. The molecule has 0 N–H and O–H groups in total. The highest BCUT2D eigenvalue weighted by Gasteiger charge is 2.14. The molecule has 29 heavy (non-hydrogen) atoms. The molecule has 0 fully saturated rings. The Balaban J connectivity index is 1.89. The molecule has 0 radical (unpaired) electrons. The van der Waals surface area contributed by atoms with Gasteiger partial charge in [-0.15, -0.1) is 0 Å². The lowest BCUT2D eigenvalue weighted by Gasteiger charge is -2.08. The molecule has 150 valence electrons. The van der Waals surface area contributed by atoms with Crippen molar-refractivity contribution in [1.29, 1.82) is 0 Å². The first-order chi connectivity index (χ1) is 14.0. The van der Waals surface area contributed by atoms with Crippen LogP contribution in [0.2, 0.25) is 0 Å². The number of benzene rings is 3. The Bertz CT molecular complexity index is 1040. The number of rotatable bonds is 7. The van der Waals surface area contributed by atoms with Crippen LogP contribution in [0.4, 0.5) is 13.2 Å². The second-order valence-corrected chi connectivity index (χ2v) is 7.16. The van der Waals surface area contributed by atoms with Crippen LogP contribution in [0.1, 0.15) is 48.9 Å². The molecule has 0 unspecified atom stereocenters. The van der Waals surface area contributed by atoms with E-state index in [9.17, 15) is 13.2 Å². The third-order valence-corrected chi connectivity index (χ3v) is 5.04. The molecule has 0 atom stereocenters. The molecule has 0 amide bonds. The zero-order valence-electron chi connectivity index (χ0n) is 16.8.